The van der Waals surface area contributed by atoms with E-state index in [2.05, 4.69) is 0 Å². The molecule has 3 rings (SSSR count). The number of aryl methyl sites for hydroxylation is 1. The third-order valence-corrected chi connectivity index (χ3v) is 4.67. The fourth-order valence-corrected chi connectivity index (χ4v) is 3.21. The number of methoxy groups -OCH3 is 1. The number of hydrogen-bond donors (Lipinski definition) is 0. The van der Waals surface area contributed by atoms with Gasteiger partial charge in [0.2, 0.25) is 5.91 Å². The summed E-state index contributed by atoms with van der Waals surface area (Å²) in [6.07, 6.45) is 0.408. The quantitative estimate of drug-likeness (QED) is 0.850. The Morgan fingerprint density at radius 3 is 2.35 bits per heavy atom. The molecular formula is C21H24N2O3. The molecule has 0 aliphatic carbocycles. The second kappa shape index (κ2) is 8.04. The minimum atomic E-state index is -0.0188. The van der Waals surface area contributed by atoms with Gasteiger partial charge in [0, 0.05) is 31.7 Å². The summed E-state index contributed by atoms with van der Waals surface area (Å²) >= 11 is 0. The van der Waals surface area contributed by atoms with Crippen molar-refractivity contribution in [1.82, 2.24) is 9.80 Å². The summed E-state index contributed by atoms with van der Waals surface area (Å²) in [4.78, 5) is 28.8. The van der Waals surface area contributed by atoms with Gasteiger partial charge in [0.25, 0.3) is 5.91 Å². The highest BCUT2D eigenvalue weighted by Crippen LogP contribution is 2.16. The Morgan fingerprint density at radius 2 is 1.65 bits per heavy atom. The molecule has 0 spiro atoms. The lowest BCUT2D eigenvalue weighted by Gasteiger charge is -2.35. The Morgan fingerprint density at radius 1 is 0.962 bits per heavy atom. The van der Waals surface area contributed by atoms with Crippen LogP contribution in [0.1, 0.15) is 21.5 Å². The van der Waals surface area contributed by atoms with Crippen LogP contribution in [0.15, 0.2) is 48.5 Å². The average Bonchev–Trinajstić information content (AvgIpc) is 2.67. The summed E-state index contributed by atoms with van der Waals surface area (Å²) in [7, 11) is 1.59. The second-order valence-electron chi connectivity index (χ2n) is 6.57. The third-order valence-electron chi connectivity index (χ3n) is 4.67. The number of rotatable bonds is 4. The normalized spacial score (nSPS) is 14.2. The molecule has 0 radical (unpaired) electrons. The molecule has 5 heteroatoms. The maximum Gasteiger partial charge on any atom is 0.254 e. The zero-order chi connectivity index (χ0) is 18.5. The number of ether oxygens (including phenoxy) is 1. The van der Waals surface area contributed by atoms with Gasteiger partial charge in [-0.05, 0) is 30.7 Å². The van der Waals surface area contributed by atoms with E-state index in [-0.39, 0.29) is 11.8 Å². The highest BCUT2D eigenvalue weighted by atomic mass is 16.5. The lowest BCUT2D eigenvalue weighted by atomic mass is 10.1. The first-order valence-corrected chi connectivity index (χ1v) is 8.83. The zero-order valence-electron chi connectivity index (χ0n) is 15.3. The standard InChI is InChI=1S/C21H24N2O3/c1-16-5-3-6-17(13-16)14-20(24)22-9-11-23(12-10-22)21(25)18-7-4-8-19(15-18)26-2/h3-8,13,15H,9-12,14H2,1-2H3. The Hall–Kier alpha value is -2.82. The van der Waals surface area contributed by atoms with E-state index in [4.69, 9.17) is 4.74 Å². The fourth-order valence-electron chi connectivity index (χ4n) is 3.21. The predicted octanol–water partition coefficient (Wildman–Crippen LogP) is 2.53. The molecule has 0 unspecified atom stereocenters. The average molecular weight is 352 g/mol. The van der Waals surface area contributed by atoms with E-state index in [1.807, 2.05) is 48.2 Å². The summed E-state index contributed by atoms with van der Waals surface area (Å²) in [5.74, 6) is 0.765. The van der Waals surface area contributed by atoms with Gasteiger partial charge in [-0.15, -0.1) is 0 Å². The van der Waals surface area contributed by atoms with E-state index >= 15 is 0 Å². The summed E-state index contributed by atoms with van der Waals surface area (Å²) in [6.45, 7) is 4.27. The molecule has 1 heterocycles. The minimum absolute atomic E-state index is 0.0188. The predicted molar refractivity (Wildman–Crippen MR) is 100 cm³/mol. The van der Waals surface area contributed by atoms with Crippen LogP contribution in [0.5, 0.6) is 5.75 Å². The van der Waals surface area contributed by atoms with Gasteiger partial charge in [-0.25, -0.2) is 0 Å². The first-order valence-electron chi connectivity index (χ1n) is 8.83. The first-order chi connectivity index (χ1) is 12.6. The molecule has 2 aromatic rings. The Kier molecular flexibility index (Phi) is 5.56. The van der Waals surface area contributed by atoms with Crippen LogP contribution in [-0.2, 0) is 11.2 Å². The molecule has 5 nitrogen and oxygen atoms in total. The Bertz CT molecular complexity index is 795. The molecule has 0 bridgehead atoms. The van der Waals surface area contributed by atoms with Crippen LogP contribution in [0.3, 0.4) is 0 Å². The van der Waals surface area contributed by atoms with Crippen LogP contribution < -0.4 is 4.74 Å². The van der Waals surface area contributed by atoms with Crippen molar-refractivity contribution >= 4 is 11.8 Å². The molecule has 2 aromatic carbocycles. The van der Waals surface area contributed by atoms with Crippen molar-refractivity contribution in [1.29, 1.82) is 0 Å². The van der Waals surface area contributed by atoms with Crippen LogP contribution in [0.25, 0.3) is 0 Å². The van der Waals surface area contributed by atoms with E-state index in [1.54, 1.807) is 24.1 Å². The van der Waals surface area contributed by atoms with Crippen molar-refractivity contribution < 1.29 is 14.3 Å². The number of carbonyl (C=O) groups is 2. The van der Waals surface area contributed by atoms with Crippen molar-refractivity contribution in [2.45, 2.75) is 13.3 Å². The van der Waals surface area contributed by atoms with Crippen molar-refractivity contribution in [3.05, 3.63) is 65.2 Å². The monoisotopic (exact) mass is 352 g/mol. The van der Waals surface area contributed by atoms with Crippen molar-refractivity contribution in [3.8, 4) is 5.75 Å². The van der Waals surface area contributed by atoms with Gasteiger partial charge in [0.15, 0.2) is 0 Å². The minimum Gasteiger partial charge on any atom is -0.497 e. The van der Waals surface area contributed by atoms with Gasteiger partial charge in [0.05, 0.1) is 13.5 Å². The largest absolute Gasteiger partial charge is 0.497 e. The summed E-state index contributed by atoms with van der Waals surface area (Å²) < 4.78 is 5.18. The van der Waals surface area contributed by atoms with Crippen LogP contribution in [0, 0.1) is 6.92 Å². The van der Waals surface area contributed by atoms with Crippen LogP contribution in [0.2, 0.25) is 0 Å². The molecule has 2 amide bonds. The van der Waals surface area contributed by atoms with Gasteiger partial charge in [-0.2, -0.15) is 0 Å². The van der Waals surface area contributed by atoms with Crippen LogP contribution >= 0.6 is 0 Å². The zero-order valence-corrected chi connectivity index (χ0v) is 15.3. The van der Waals surface area contributed by atoms with E-state index < -0.39 is 0 Å². The second-order valence-corrected chi connectivity index (χ2v) is 6.57. The summed E-state index contributed by atoms with van der Waals surface area (Å²) in [6, 6.07) is 15.2. The topological polar surface area (TPSA) is 49.9 Å². The smallest absolute Gasteiger partial charge is 0.254 e. The molecule has 1 aliphatic rings. The molecule has 1 fully saturated rings. The molecule has 1 saturated heterocycles. The van der Waals surface area contributed by atoms with E-state index in [0.717, 1.165) is 11.1 Å². The number of nitrogens with zero attached hydrogens (tertiary/aromatic N) is 2. The number of piperazine rings is 1. The number of benzene rings is 2. The number of carbonyl (C=O) groups excluding carboxylic acids is 2. The summed E-state index contributed by atoms with van der Waals surface area (Å²) in [5, 5.41) is 0. The van der Waals surface area contributed by atoms with Crippen molar-refractivity contribution in [3.63, 3.8) is 0 Å². The van der Waals surface area contributed by atoms with Crippen LogP contribution in [0.4, 0.5) is 0 Å². The van der Waals surface area contributed by atoms with Crippen LogP contribution in [-0.4, -0.2) is 54.9 Å². The van der Waals surface area contributed by atoms with Gasteiger partial charge in [-0.1, -0.05) is 35.9 Å². The van der Waals surface area contributed by atoms with Gasteiger partial charge in [-0.3, -0.25) is 9.59 Å². The van der Waals surface area contributed by atoms with Gasteiger partial charge in [0.1, 0.15) is 5.75 Å². The van der Waals surface area contributed by atoms with Crippen molar-refractivity contribution in [2.24, 2.45) is 0 Å². The molecule has 1 aliphatic heterocycles. The van der Waals surface area contributed by atoms with Crippen molar-refractivity contribution in [2.75, 3.05) is 33.3 Å². The van der Waals surface area contributed by atoms with Gasteiger partial charge < -0.3 is 14.5 Å². The third kappa shape index (κ3) is 4.23. The van der Waals surface area contributed by atoms with Gasteiger partial charge >= 0.3 is 0 Å². The lowest BCUT2D eigenvalue weighted by molar-refractivity contribution is -0.131. The Balaban J connectivity index is 1.56. The first kappa shape index (κ1) is 18.0. The Labute approximate surface area is 154 Å². The number of hydrogen-bond acceptors (Lipinski definition) is 3. The van der Waals surface area contributed by atoms with E-state index in [0.29, 0.717) is 43.9 Å². The highest BCUT2D eigenvalue weighted by Gasteiger charge is 2.25. The summed E-state index contributed by atoms with van der Waals surface area (Å²) in [5.41, 5.74) is 2.80. The molecule has 0 saturated carbocycles. The molecule has 0 N–H and O–H groups in total. The molecule has 136 valence electrons. The molecule has 0 aromatic heterocycles. The molecule has 0 atom stereocenters. The van der Waals surface area contributed by atoms with E-state index in [9.17, 15) is 9.59 Å². The molecular weight excluding hydrogens is 328 g/mol. The lowest BCUT2D eigenvalue weighted by Crippen LogP contribution is -2.51. The highest BCUT2D eigenvalue weighted by molar-refractivity contribution is 5.94. The molecule has 26 heavy (non-hydrogen) atoms. The SMILES string of the molecule is COc1cccc(C(=O)N2CCN(C(=O)Cc3cccc(C)c3)CC2)c1. The van der Waals surface area contributed by atoms with E-state index in [1.165, 1.54) is 0 Å². The maximum absolute atomic E-state index is 12.6. The maximum atomic E-state index is 12.6. The fraction of sp³-hybridized carbons (Fsp3) is 0.333. The number of amides is 2.